The van der Waals surface area contributed by atoms with Crippen molar-refractivity contribution in [3.63, 3.8) is 0 Å². The Kier molecular flexibility index (Phi) is 4.63. The van der Waals surface area contributed by atoms with Gasteiger partial charge in [0.25, 0.3) is 0 Å². The van der Waals surface area contributed by atoms with Gasteiger partial charge in [0.1, 0.15) is 5.82 Å². The lowest BCUT2D eigenvalue weighted by Gasteiger charge is -2.17. The molecule has 0 spiro atoms. The van der Waals surface area contributed by atoms with Gasteiger partial charge in [-0.05, 0) is 29.7 Å². The van der Waals surface area contributed by atoms with Gasteiger partial charge >= 0.3 is 0 Å². The topological polar surface area (TPSA) is 15.3 Å². The van der Waals surface area contributed by atoms with Crippen molar-refractivity contribution in [3.05, 3.63) is 71.5 Å². The molecule has 2 nitrogen and oxygen atoms in total. The van der Waals surface area contributed by atoms with Gasteiger partial charge in [-0.25, -0.2) is 4.39 Å². The van der Waals surface area contributed by atoms with Crippen LogP contribution < -0.4 is 5.32 Å². The monoisotopic (exact) mass is 284 g/mol. The first-order valence-corrected chi connectivity index (χ1v) is 7.54. The first kappa shape index (κ1) is 14.2. The highest BCUT2D eigenvalue weighted by atomic mass is 19.1. The molecule has 21 heavy (non-hydrogen) atoms. The fourth-order valence-corrected chi connectivity index (χ4v) is 2.85. The van der Waals surface area contributed by atoms with E-state index >= 15 is 0 Å². The Balaban J connectivity index is 1.45. The van der Waals surface area contributed by atoms with E-state index in [-0.39, 0.29) is 5.82 Å². The molecule has 0 bridgehead atoms. The standard InChI is InChI=1S/C18H21FN2/c19-17-8-6-15(7-9-17)12-20-18-10-11-21(14-18)13-16-4-2-1-3-5-16/h1-9,18,20H,10-14H2. The van der Waals surface area contributed by atoms with Crippen LogP contribution in [0.2, 0.25) is 0 Å². The van der Waals surface area contributed by atoms with Gasteiger partial charge in [-0.3, -0.25) is 4.90 Å². The fourth-order valence-electron chi connectivity index (χ4n) is 2.85. The van der Waals surface area contributed by atoms with Crippen LogP contribution in [0.15, 0.2) is 54.6 Å². The minimum Gasteiger partial charge on any atom is -0.309 e. The molecule has 1 fully saturated rings. The predicted molar refractivity (Wildman–Crippen MR) is 83.4 cm³/mol. The maximum absolute atomic E-state index is 12.9. The summed E-state index contributed by atoms with van der Waals surface area (Å²) in [6, 6.07) is 17.9. The van der Waals surface area contributed by atoms with Crippen molar-refractivity contribution in [3.8, 4) is 0 Å². The summed E-state index contributed by atoms with van der Waals surface area (Å²) in [4.78, 5) is 2.48. The maximum Gasteiger partial charge on any atom is 0.123 e. The lowest BCUT2D eigenvalue weighted by molar-refractivity contribution is 0.320. The zero-order valence-electron chi connectivity index (χ0n) is 12.1. The molecule has 0 aliphatic carbocycles. The van der Waals surface area contributed by atoms with Crippen LogP contribution in [0, 0.1) is 5.82 Å². The summed E-state index contributed by atoms with van der Waals surface area (Å²) in [5, 5.41) is 3.57. The van der Waals surface area contributed by atoms with Crippen molar-refractivity contribution in [2.75, 3.05) is 13.1 Å². The Morgan fingerprint density at radius 3 is 2.52 bits per heavy atom. The van der Waals surface area contributed by atoms with Gasteiger partial charge in [-0.15, -0.1) is 0 Å². The van der Waals surface area contributed by atoms with Crippen LogP contribution >= 0.6 is 0 Å². The molecule has 0 radical (unpaired) electrons. The van der Waals surface area contributed by atoms with Gasteiger partial charge in [0.15, 0.2) is 0 Å². The first-order chi connectivity index (χ1) is 10.3. The van der Waals surface area contributed by atoms with E-state index in [0.29, 0.717) is 6.04 Å². The highest BCUT2D eigenvalue weighted by Crippen LogP contribution is 2.14. The molecule has 1 aliphatic rings. The molecule has 110 valence electrons. The Morgan fingerprint density at radius 2 is 1.76 bits per heavy atom. The molecular weight excluding hydrogens is 263 g/mol. The van der Waals surface area contributed by atoms with Gasteiger partial charge in [0.2, 0.25) is 0 Å². The molecular formula is C18H21FN2. The number of benzene rings is 2. The molecule has 1 atom stereocenters. The number of halogens is 1. The lowest BCUT2D eigenvalue weighted by atomic mass is 10.2. The molecule has 1 aliphatic heterocycles. The second kappa shape index (κ2) is 6.83. The summed E-state index contributed by atoms with van der Waals surface area (Å²) in [6.45, 7) is 4.05. The molecule has 1 unspecified atom stereocenters. The van der Waals surface area contributed by atoms with Crippen molar-refractivity contribution >= 4 is 0 Å². The third-order valence-corrected chi connectivity index (χ3v) is 4.03. The van der Waals surface area contributed by atoms with Crippen molar-refractivity contribution in [1.29, 1.82) is 0 Å². The van der Waals surface area contributed by atoms with E-state index in [0.717, 1.165) is 31.7 Å². The lowest BCUT2D eigenvalue weighted by Crippen LogP contribution is -2.31. The molecule has 2 aromatic carbocycles. The van der Waals surface area contributed by atoms with E-state index in [2.05, 4.69) is 40.5 Å². The average molecular weight is 284 g/mol. The second-order valence-corrected chi connectivity index (χ2v) is 5.71. The molecule has 0 saturated carbocycles. The summed E-state index contributed by atoms with van der Waals surface area (Å²) in [5.74, 6) is -0.173. The first-order valence-electron chi connectivity index (χ1n) is 7.54. The molecule has 0 amide bonds. The van der Waals surface area contributed by atoms with E-state index in [9.17, 15) is 4.39 Å². The third-order valence-electron chi connectivity index (χ3n) is 4.03. The molecule has 0 aromatic heterocycles. The van der Waals surface area contributed by atoms with Crippen LogP contribution in [0.4, 0.5) is 4.39 Å². The number of likely N-dealkylation sites (tertiary alicyclic amines) is 1. The van der Waals surface area contributed by atoms with Gasteiger partial charge in [0, 0.05) is 32.2 Å². The smallest absolute Gasteiger partial charge is 0.123 e. The quantitative estimate of drug-likeness (QED) is 0.907. The van der Waals surface area contributed by atoms with Crippen molar-refractivity contribution in [2.24, 2.45) is 0 Å². The summed E-state index contributed by atoms with van der Waals surface area (Å²) < 4.78 is 12.9. The maximum atomic E-state index is 12.9. The number of hydrogen-bond acceptors (Lipinski definition) is 2. The molecule has 3 heteroatoms. The Hall–Kier alpha value is -1.71. The zero-order valence-corrected chi connectivity index (χ0v) is 12.1. The van der Waals surface area contributed by atoms with Crippen LogP contribution in [-0.2, 0) is 13.1 Å². The van der Waals surface area contributed by atoms with Gasteiger partial charge in [-0.2, -0.15) is 0 Å². The second-order valence-electron chi connectivity index (χ2n) is 5.71. The predicted octanol–water partition coefficient (Wildman–Crippen LogP) is 3.19. The van der Waals surface area contributed by atoms with Crippen molar-refractivity contribution < 1.29 is 4.39 Å². The van der Waals surface area contributed by atoms with E-state index < -0.39 is 0 Å². The third kappa shape index (κ3) is 4.13. The number of hydrogen-bond donors (Lipinski definition) is 1. The van der Waals surface area contributed by atoms with Crippen LogP contribution in [-0.4, -0.2) is 24.0 Å². The highest BCUT2D eigenvalue weighted by molar-refractivity contribution is 5.16. The van der Waals surface area contributed by atoms with E-state index in [4.69, 9.17) is 0 Å². The SMILES string of the molecule is Fc1ccc(CNC2CCN(Cc3ccccc3)C2)cc1. The van der Waals surface area contributed by atoms with Crippen LogP contribution in [0.3, 0.4) is 0 Å². The average Bonchev–Trinajstić information content (AvgIpc) is 2.95. The summed E-state index contributed by atoms with van der Waals surface area (Å²) >= 11 is 0. The number of nitrogens with zero attached hydrogens (tertiary/aromatic N) is 1. The number of nitrogens with one attached hydrogen (secondary N) is 1. The fraction of sp³-hybridized carbons (Fsp3) is 0.333. The largest absolute Gasteiger partial charge is 0.309 e. The molecule has 1 heterocycles. The van der Waals surface area contributed by atoms with Gasteiger partial charge < -0.3 is 5.32 Å². The number of rotatable bonds is 5. The highest BCUT2D eigenvalue weighted by Gasteiger charge is 2.21. The van der Waals surface area contributed by atoms with E-state index in [1.165, 1.54) is 24.1 Å². The molecule has 1 saturated heterocycles. The zero-order chi connectivity index (χ0) is 14.5. The van der Waals surface area contributed by atoms with Crippen LogP contribution in [0.25, 0.3) is 0 Å². The van der Waals surface area contributed by atoms with Crippen LogP contribution in [0.1, 0.15) is 17.5 Å². The summed E-state index contributed by atoms with van der Waals surface area (Å²) in [5.41, 5.74) is 2.51. The Labute approximate surface area is 125 Å². The normalized spacial score (nSPS) is 19.0. The summed E-state index contributed by atoms with van der Waals surface area (Å²) in [7, 11) is 0. The molecule has 2 aromatic rings. The minimum absolute atomic E-state index is 0.173. The molecule has 3 rings (SSSR count). The van der Waals surface area contributed by atoms with Gasteiger partial charge in [0.05, 0.1) is 0 Å². The molecule has 1 N–H and O–H groups in total. The summed E-state index contributed by atoms with van der Waals surface area (Å²) in [6.07, 6.45) is 1.17. The Morgan fingerprint density at radius 1 is 1.00 bits per heavy atom. The van der Waals surface area contributed by atoms with Crippen molar-refractivity contribution in [2.45, 2.75) is 25.6 Å². The van der Waals surface area contributed by atoms with Crippen molar-refractivity contribution in [1.82, 2.24) is 10.2 Å². The van der Waals surface area contributed by atoms with Gasteiger partial charge in [-0.1, -0.05) is 42.5 Å². The van der Waals surface area contributed by atoms with Crippen LogP contribution in [0.5, 0.6) is 0 Å². The minimum atomic E-state index is -0.173. The van der Waals surface area contributed by atoms with E-state index in [1.807, 2.05) is 12.1 Å². The van der Waals surface area contributed by atoms with E-state index in [1.54, 1.807) is 0 Å². The Bertz CT molecular complexity index is 553.